The van der Waals surface area contributed by atoms with Gasteiger partial charge in [-0.05, 0) is 123 Å². The molecule has 0 amide bonds. The number of rotatable bonds is 6. The highest BCUT2D eigenvalue weighted by molar-refractivity contribution is 5.13. The van der Waals surface area contributed by atoms with E-state index in [1.165, 1.54) is 19.3 Å². The molecule has 0 aromatic carbocycles. The second-order valence-corrected chi connectivity index (χ2v) is 13.9. The highest BCUT2D eigenvalue weighted by Gasteiger charge is 2.63. The van der Waals surface area contributed by atoms with Gasteiger partial charge >= 0.3 is 0 Å². The molecule has 4 rings (SSSR count). The predicted octanol–water partition coefficient (Wildman–Crippen LogP) is 4.92. The lowest BCUT2D eigenvalue weighted by Crippen LogP contribution is -2.59. The maximum atomic E-state index is 11.7. The van der Waals surface area contributed by atoms with Gasteiger partial charge in [-0.2, -0.15) is 0 Å². The molecular formula is C28H50O4. The summed E-state index contributed by atoms with van der Waals surface area (Å²) in [4.78, 5) is 0. The smallest absolute Gasteiger partial charge is 0.0653 e. The van der Waals surface area contributed by atoms with Crippen molar-refractivity contribution in [3.8, 4) is 0 Å². The zero-order chi connectivity index (χ0) is 23.5. The van der Waals surface area contributed by atoms with Gasteiger partial charge in [-0.15, -0.1) is 0 Å². The molecular weight excluding hydrogens is 400 g/mol. The van der Waals surface area contributed by atoms with Crippen LogP contribution in [0.5, 0.6) is 0 Å². The van der Waals surface area contributed by atoms with Gasteiger partial charge in [0.2, 0.25) is 0 Å². The second kappa shape index (κ2) is 8.50. The average molecular weight is 451 g/mol. The molecule has 0 radical (unpaired) electrons. The quantitative estimate of drug-likeness (QED) is 0.463. The van der Waals surface area contributed by atoms with E-state index in [-0.39, 0.29) is 41.0 Å². The van der Waals surface area contributed by atoms with Crippen molar-refractivity contribution in [3.63, 3.8) is 0 Å². The molecule has 0 heterocycles. The molecule has 5 unspecified atom stereocenters. The zero-order valence-corrected chi connectivity index (χ0v) is 21.3. The number of fused-ring (bicyclic) bond motifs is 5. The number of aliphatic hydroxyl groups is 4. The second-order valence-electron chi connectivity index (χ2n) is 13.9. The van der Waals surface area contributed by atoms with E-state index in [1.54, 1.807) is 0 Å². The van der Waals surface area contributed by atoms with Crippen LogP contribution in [0, 0.1) is 45.8 Å². The Kier molecular flexibility index (Phi) is 6.63. The van der Waals surface area contributed by atoms with Gasteiger partial charge in [0.05, 0.1) is 17.8 Å². The normalized spacial score (nSPS) is 48.5. The molecule has 4 aliphatic rings. The van der Waals surface area contributed by atoms with Crippen LogP contribution in [0.1, 0.15) is 105 Å². The van der Waals surface area contributed by atoms with Crippen LogP contribution in [-0.4, -0.2) is 44.8 Å². The topological polar surface area (TPSA) is 80.9 Å². The van der Waals surface area contributed by atoms with Gasteiger partial charge in [0.25, 0.3) is 0 Å². The third-order valence-electron chi connectivity index (χ3n) is 11.4. The van der Waals surface area contributed by atoms with Gasteiger partial charge in [-0.25, -0.2) is 0 Å². The summed E-state index contributed by atoms with van der Waals surface area (Å²) >= 11 is 0. The summed E-state index contributed by atoms with van der Waals surface area (Å²) in [6.45, 7) is 11.3. The van der Waals surface area contributed by atoms with Gasteiger partial charge in [-0.3, -0.25) is 0 Å². The maximum Gasteiger partial charge on any atom is 0.0653 e. The Balaban J connectivity index is 1.50. The van der Waals surface area contributed by atoms with E-state index in [2.05, 4.69) is 34.6 Å². The summed E-state index contributed by atoms with van der Waals surface area (Å²) in [6.07, 6.45) is 10.4. The van der Waals surface area contributed by atoms with Crippen molar-refractivity contribution in [2.45, 2.75) is 123 Å². The number of hydrogen-bond acceptors (Lipinski definition) is 4. The van der Waals surface area contributed by atoms with Gasteiger partial charge in [0, 0.05) is 6.61 Å². The van der Waals surface area contributed by atoms with E-state index in [0.29, 0.717) is 23.7 Å². The Hall–Kier alpha value is -0.160. The van der Waals surface area contributed by atoms with Crippen LogP contribution in [0.25, 0.3) is 0 Å². The highest BCUT2D eigenvalue weighted by atomic mass is 16.3. The lowest BCUT2D eigenvalue weighted by Gasteiger charge is -2.62. The molecule has 4 nitrogen and oxygen atoms in total. The van der Waals surface area contributed by atoms with Crippen LogP contribution in [0.2, 0.25) is 0 Å². The first kappa shape index (κ1) is 24.9. The molecule has 4 heteroatoms. The van der Waals surface area contributed by atoms with Gasteiger partial charge in [0.15, 0.2) is 0 Å². The molecule has 0 spiro atoms. The minimum absolute atomic E-state index is 0.0753. The van der Waals surface area contributed by atoms with Crippen LogP contribution in [0.15, 0.2) is 0 Å². The summed E-state index contributed by atoms with van der Waals surface area (Å²) in [7, 11) is 0. The van der Waals surface area contributed by atoms with E-state index in [4.69, 9.17) is 0 Å². The van der Waals surface area contributed by atoms with Crippen LogP contribution >= 0.6 is 0 Å². The summed E-state index contributed by atoms with van der Waals surface area (Å²) in [5.41, 5.74) is -0.446. The van der Waals surface area contributed by atoms with Crippen molar-refractivity contribution in [1.82, 2.24) is 0 Å². The molecule has 0 aliphatic heterocycles. The Morgan fingerprint density at radius 3 is 2.16 bits per heavy atom. The van der Waals surface area contributed by atoms with Crippen molar-refractivity contribution in [2.24, 2.45) is 45.8 Å². The molecule has 32 heavy (non-hydrogen) atoms. The highest BCUT2D eigenvalue weighted by Crippen LogP contribution is 2.68. The van der Waals surface area contributed by atoms with E-state index >= 15 is 0 Å². The fourth-order valence-corrected chi connectivity index (χ4v) is 9.48. The lowest BCUT2D eigenvalue weighted by atomic mass is 9.43. The van der Waals surface area contributed by atoms with Gasteiger partial charge in [0.1, 0.15) is 0 Å². The number of aliphatic hydroxyl groups excluding tert-OH is 3. The minimum atomic E-state index is -0.670. The number of hydrogen-bond donors (Lipinski definition) is 4. The predicted molar refractivity (Wildman–Crippen MR) is 128 cm³/mol. The molecule has 0 bridgehead atoms. The Bertz CT molecular complexity index is 674. The fraction of sp³-hybridized carbons (Fsp3) is 1.00. The average Bonchev–Trinajstić information content (AvgIpc) is 3.07. The van der Waals surface area contributed by atoms with Crippen LogP contribution in [0.3, 0.4) is 0 Å². The molecule has 4 N–H and O–H groups in total. The monoisotopic (exact) mass is 450 g/mol. The lowest BCUT2D eigenvalue weighted by molar-refractivity contribution is -0.179. The summed E-state index contributed by atoms with van der Waals surface area (Å²) < 4.78 is 0. The minimum Gasteiger partial charge on any atom is -0.396 e. The first-order chi connectivity index (χ1) is 14.8. The van der Waals surface area contributed by atoms with Crippen molar-refractivity contribution in [2.75, 3.05) is 6.61 Å². The van der Waals surface area contributed by atoms with E-state index in [9.17, 15) is 20.4 Å². The Morgan fingerprint density at radius 1 is 0.812 bits per heavy atom. The largest absolute Gasteiger partial charge is 0.396 e. The first-order valence-electron chi connectivity index (χ1n) is 13.5. The molecule has 0 aromatic heterocycles. The fourth-order valence-electron chi connectivity index (χ4n) is 9.48. The molecule has 4 fully saturated rings. The summed E-state index contributed by atoms with van der Waals surface area (Å²) in [5.74, 6) is 2.34. The van der Waals surface area contributed by atoms with Crippen LogP contribution in [0.4, 0.5) is 0 Å². The van der Waals surface area contributed by atoms with Gasteiger partial charge < -0.3 is 20.4 Å². The first-order valence-corrected chi connectivity index (χ1v) is 13.5. The zero-order valence-electron chi connectivity index (χ0n) is 21.3. The van der Waals surface area contributed by atoms with E-state index < -0.39 is 5.60 Å². The Labute approximate surface area is 196 Å². The van der Waals surface area contributed by atoms with Crippen molar-refractivity contribution in [1.29, 1.82) is 0 Å². The Morgan fingerprint density at radius 2 is 1.47 bits per heavy atom. The van der Waals surface area contributed by atoms with Crippen LogP contribution in [-0.2, 0) is 0 Å². The third kappa shape index (κ3) is 4.10. The maximum absolute atomic E-state index is 11.7. The molecule has 0 aromatic rings. The molecule has 10 atom stereocenters. The summed E-state index contributed by atoms with van der Waals surface area (Å²) in [5, 5.41) is 42.7. The SMILES string of the molecule is CC(C)(CO)CCC[C@](C)(O)C1CCC2C3C[C@H](O)C4C[C@@H](O)CC[C@]4(C)C3CC[C@@]21C. The van der Waals surface area contributed by atoms with Crippen molar-refractivity contribution >= 4 is 0 Å². The van der Waals surface area contributed by atoms with Gasteiger partial charge in [-0.1, -0.05) is 27.7 Å². The van der Waals surface area contributed by atoms with Crippen LogP contribution < -0.4 is 0 Å². The van der Waals surface area contributed by atoms with Crippen molar-refractivity contribution in [3.05, 3.63) is 0 Å². The standard InChI is InChI=1S/C28H50O4/c1-25(2,17-29)11-6-12-28(5,32)24-8-7-20-19-16-23(31)22-15-18(30)9-13-26(22,3)21(19)10-14-27(20,24)4/h18-24,29-32H,6-17H2,1-5H3/t18-,19?,20?,21?,22?,23-,24?,26+,27-,28-/m0/s1. The molecule has 4 aliphatic carbocycles. The molecule has 0 saturated heterocycles. The van der Waals surface area contributed by atoms with Crippen molar-refractivity contribution < 1.29 is 20.4 Å². The van der Waals surface area contributed by atoms with E-state index in [1.807, 2.05) is 0 Å². The van der Waals surface area contributed by atoms with E-state index in [0.717, 1.165) is 51.4 Å². The molecule has 186 valence electrons. The summed E-state index contributed by atoms with van der Waals surface area (Å²) in [6, 6.07) is 0. The molecule has 4 saturated carbocycles. The third-order valence-corrected chi connectivity index (χ3v) is 11.4.